The van der Waals surface area contributed by atoms with Crippen LogP contribution in [0.4, 0.5) is 0 Å². The van der Waals surface area contributed by atoms with Gasteiger partial charge in [0.2, 0.25) is 0 Å². The van der Waals surface area contributed by atoms with Gasteiger partial charge in [0.25, 0.3) is 0 Å². The molecule has 3 rings (SSSR count). The zero-order valence-corrected chi connectivity index (χ0v) is 22.7. The summed E-state index contributed by atoms with van der Waals surface area (Å²) >= 11 is 6.02. The third kappa shape index (κ3) is 6.50. The van der Waals surface area contributed by atoms with E-state index in [-0.39, 0.29) is 57.1 Å². The Morgan fingerprint density at radius 1 is 1.32 bits per heavy atom. The van der Waals surface area contributed by atoms with Crippen LogP contribution in [0.2, 0.25) is 5.02 Å². The van der Waals surface area contributed by atoms with Crippen LogP contribution in [0.15, 0.2) is 30.6 Å². The molecule has 31 heavy (non-hydrogen) atoms. The molecule has 0 unspecified atom stereocenters. The minimum Gasteiger partial charge on any atom is -0.542 e. The molecular formula is C20H23ClKN5O3S. The summed E-state index contributed by atoms with van der Waals surface area (Å²) in [7, 11) is -1.99. The molecule has 11 heteroatoms. The van der Waals surface area contributed by atoms with E-state index in [1.165, 1.54) is 6.08 Å². The summed E-state index contributed by atoms with van der Waals surface area (Å²) in [5, 5.41) is 5.82. The number of pyridine rings is 1. The van der Waals surface area contributed by atoms with Crippen LogP contribution in [0.5, 0.6) is 0 Å². The molecule has 0 saturated heterocycles. The first-order chi connectivity index (χ1) is 14.2. The summed E-state index contributed by atoms with van der Waals surface area (Å²) in [5.74, 6) is -0.253. The fraction of sp³-hybridized carbons (Fsp3) is 0.350. The predicted molar refractivity (Wildman–Crippen MR) is 118 cm³/mol. The van der Waals surface area contributed by atoms with Gasteiger partial charge in [0, 0.05) is 36.1 Å². The molecule has 3 aromatic heterocycles. The zero-order chi connectivity index (χ0) is 21.9. The van der Waals surface area contributed by atoms with E-state index in [4.69, 9.17) is 11.6 Å². The van der Waals surface area contributed by atoms with E-state index in [1.807, 2.05) is 36.7 Å². The summed E-state index contributed by atoms with van der Waals surface area (Å²) in [4.78, 5) is 16.5. The molecule has 0 aromatic carbocycles. The van der Waals surface area contributed by atoms with Gasteiger partial charge in [-0.05, 0) is 37.6 Å². The van der Waals surface area contributed by atoms with Crippen molar-refractivity contribution in [3.8, 4) is 5.82 Å². The first-order valence-electron chi connectivity index (χ1n) is 9.56. The molecule has 0 spiro atoms. The van der Waals surface area contributed by atoms with E-state index in [0.29, 0.717) is 34.2 Å². The largest absolute Gasteiger partial charge is 1.00 e. The second-order valence-corrected chi connectivity index (χ2v) is 9.15. The van der Waals surface area contributed by atoms with Crippen LogP contribution in [0.3, 0.4) is 0 Å². The number of amides is 1. The fourth-order valence-electron chi connectivity index (χ4n) is 3.21. The quantitative estimate of drug-likeness (QED) is 0.269. The van der Waals surface area contributed by atoms with Crippen molar-refractivity contribution in [1.82, 2.24) is 19.3 Å². The van der Waals surface area contributed by atoms with E-state index in [2.05, 4.69) is 14.8 Å². The zero-order valence-electron chi connectivity index (χ0n) is 18.0. The van der Waals surface area contributed by atoms with E-state index >= 15 is 0 Å². The van der Waals surface area contributed by atoms with E-state index in [0.717, 1.165) is 24.3 Å². The molecule has 1 amide bonds. The molecular weight excluding hydrogens is 465 g/mol. The standard InChI is InChI=1S/C20H24ClN5O3S.K/c1-4-5-6-11-30(28,29)24-18(27)8-7-17-14(2)23-25(3)20(17)26-10-9-15-12-16(21)13-22-19(15)26;/h7-10,12-13H,4-6,11H2,1-3H3,(H,24,27);/q;+1/p-1/b8-7+;. The smallest absolute Gasteiger partial charge is 0.542 e. The Morgan fingerprint density at radius 2 is 2.06 bits per heavy atom. The maximum Gasteiger partial charge on any atom is 1.00 e. The van der Waals surface area contributed by atoms with Crippen LogP contribution in [-0.2, 0) is 21.9 Å². The van der Waals surface area contributed by atoms with Crippen molar-refractivity contribution in [1.29, 1.82) is 0 Å². The molecule has 0 atom stereocenters. The van der Waals surface area contributed by atoms with Gasteiger partial charge in [-0.1, -0.05) is 31.4 Å². The second-order valence-electron chi connectivity index (χ2n) is 6.95. The van der Waals surface area contributed by atoms with Crippen LogP contribution in [-0.4, -0.2) is 39.4 Å². The van der Waals surface area contributed by atoms with Gasteiger partial charge in [-0.2, -0.15) is 5.10 Å². The Morgan fingerprint density at radius 3 is 2.77 bits per heavy atom. The van der Waals surface area contributed by atoms with Crippen molar-refractivity contribution in [2.45, 2.75) is 33.1 Å². The third-order valence-corrected chi connectivity index (χ3v) is 6.06. The first kappa shape index (κ1) is 26.2. The maximum absolute atomic E-state index is 12.1. The maximum atomic E-state index is 12.1. The number of unbranched alkanes of at least 4 members (excludes halogenated alkanes) is 2. The Kier molecular flexibility index (Phi) is 9.50. The molecule has 0 saturated carbocycles. The minimum atomic E-state index is -3.77. The number of fused-ring (bicyclic) bond motifs is 1. The van der Waals surface area contributed by atoms with Crippen LogP contribution in [0.1, 0.15) is 37.4 Å². The van der Waals surface area contributed by atoms with Gasteiger partial charge in [0.05, 0.1) is 26.6 Å². The molecule has 0 fully saturated rings. The Balaban J connectivity index is 0.00000341. The Labute approximate surface area is 229 Å². The molecule has 3 heterocycles. The van der Waals surface area contributed by atoms with Gasteiger partial charge in [0.1, 0.15) is 11.5 Å². The number of carbonyl (C=O) groups excluding carboxylic acids is 1. The molecule has 3 aromatic rings. The first-order valence-corrected chi connectivity index (χ1v) is 11.5. The number of hydrogen-bond acceptors (Lipinski definition) is 5. The molecule has 0 aliphatic carbocycles. The number of rotatable bonds is 8. The van der Waals surface area contributed by atoms with Crippen LogP contribution >= 0.6 is 11.6 Å². The van der Waals surface area contributed by atoms with Crippen LogP contribution < -0.4 is 51.4 Å². The summed E-state index contributed by atoms with van der Waals surface area (Å²) in [6.07, 6.45) is 8.25. The monoisotopic (exact) mass is 487 g/mol. The second kappa shape index (κ2) is 11.2. The van der Waals surface area contributed by atoms with Gasteiger partial charge in [-0.25, -0.2) is 13.4 Å². The van der Waals surface area contributed by atoms with Crippen molar-refractivity contribution in [3.63, 3.8) is 0 Å². The van der Waals surface area contributed by atoms with Crippen molar-refractivity contribution >= 4 is 44.6 Å². The number of carbonyl (C=O) groups is 1. The van der Waals surface area contributed by atoms with Gasteiger partial charge in [-0.15, -0.1) is 0 Å². The average Bonchev–Trinajstić information content (AvgIpc) is 3.18. The van der Waals surface area contributed by atoms with Crippen molar-refractivity contribution < 1.29 is 64.6 Å². The average molecular weight is 488 g/mol. The van der Waals surface area contributed by atoms with E-state index < -0.39 is 15.9 Å². The van der Waals surface area contributed by atoms with Gasteiger partial charge < -0.3 is 9.52 Å². The number of nitrogens with zero attached hydrogens (tertiary/aromatic N) is 5. The molecule has 0 aliphatic rings. The number of aryl methyl sites for hydroxylation is 2. The van der Waals surface area contributed by atoms with Gasteiger partial charge in [-0.3, -0.25) is 9.25 Å². The van der Waals surface area contributed by atoms with E-state index in [1.54, 1.807) is 17.9 Å². The van der Waals surface area contributed by atoms with Crippen molar-refractivity contribution in [2.75, 3.05) is 5.75 Å². The van der Waals surface area contributed by atoms with Gasteiger partial charge >= 0.3 is 51.4 Å². The predicted octanol–water partition coefficient (Wildman–Crippen LogP) is 1.16. The molecule has 0 radical (unpaired) electrons. The molecule has 0 bridgehead atoms. The van der Waals surface area contributed by atoms with Crippen molar-refractivity contribution in [2.24, 2.45) is 7.05 Å². The summed E-state index contributed by atoms with van der Waals surface area (Å²) in [5.41, 5.74) is 2.03. The van der Waals surface area contributed by atoms with E-state index in [9.17, 15) is 13.2 Å². The van der Waals surface area contributed by atoms with Crippen molar-refractivity contribution in [3.05, 3.63) is 51.6 Å². The number of sulfonamides is 1. The summed E-state index contributed by atoms with van der Waals surface area (Å²) in [6, 6.07) is 3.69. The fourth-order valence-corrected chi connectivity index (χ4v) is 4.37. The number of aromatic nitrogens is 4. The SMILES string of the molecule is CCCCCS(=O)(=O)[N-]C(=O)/C=C/c1c(C)nn(C)c1-n1ccc2cc(Cl)cnc21.[K+]. The molecule has 0 N–H and O–H groups in total. The molecule has 8 nitrogen and oxygen atoms in total. The third-order valence-electron chi connectivity index (χ3n) is 4.59. The normalized spacial score (nSPS) is 11.7. The van der Waals surface area contributed by atoms with Gasteiger partial charge in [0.15, 0.2) is 0 Å². The topological polar surface area (TPSA) is 101 Å². The Hall–Kier alpha value is -1.01. The summed E-state index contributed by atoms with van der Waals surface area (Å²) < 4.78 is 30.8. The Bertz CT molecular complexity index is 1220. The van der Waals surface area contributed by atoms with Crippen LogP contribution in [0, 0.1) is 6.92 Å². The number of hydrogen-bond donors (Lipinski definition) is 0. The molecule has 0 aliphatic heterocycles. The minimum absolute atomic E-state index is 0. The summed E-state index contributed by atoms with van der Waals surface area (Å²) in [6.45, 7) is 3.78. The van der Waals surface area contributed by atoms with Crippen LogP contribution in [0.25, 0.3) is 27.6 Å². The molecule has 160 valence electrons. The number of halogens is 1.